The van der Waals surface area contributed by atoms with Gasteiger partial charge in [-0.1, -0.05) is 13.8 Å². The molecule has 0 radical (unpaired) electrons. The van der Waals surface area contributed by atoms with E-state index in [4.69, 9.17) is 4.74 Å². The lowest BCUT2D eigenvalue weighted by Gasteiger charge is -2.31. The van der Waals surface area contributed by atoms with Crippen molar-refractivity contribution < 1.29 is 9.66 Å². The van der Waals surface area contributed by atoms with E-state index in [1.807, 2.05) is 6.92 Å². The molecule has 3 atom stereocenters. The maximum Gasteiger partial charge on any atom is 0.331 e. The van der Waals surface area contributed by atoms with Crippen LogP contribution in [0.5, 0.6) is 5.88 Å². The number of nitro groups is 1. The summed E-state index contributed by atoms with van der Waals surface area (Å²) in [5.41, 5.74) is -0.0667. The van der Waals surface area contributed by atoms with E-state index in [9.17, 15) is 10.1 Å². The fourth-order valence-electron chi connectivity index (χ4n) is 2.70. The van der Waals surface area contributed by atoms with Crippen molar-refractivity contribution in [3.63, 3.8) is 0 Å². The van der Waals surface area contributed by atoms with Crippen molar-refractivity contribution in [2.24, 2.45) is 11.8 Å². The molecule has 0 aromatic carbocycles. The van der Waals surface area contributed by atoms with Crippen molar-refractivity contribution in [1.29, 1.82) is 0 Å². The van der Waals surface area contributed by atoms with E-state index in [2.05, 4.69) is 24.1 Å². The molecule has 0 aliphatic heterocycles. The fourth-order valence-corrected chi connectivity index (χ4v) is 2.70. The largest absolute Gasteiger partial charge is 0.469 e. The Bertz CT molecular complexity index is 507. The van der Waals surface area contributed by atoms with E-state index in [0.29, 0.717) is 24.2 Å². The Morgan fingerprint density at radius 2 is 2.14 bits per heavy atom. The van der Waals surface area contributed by atoms with Gasteiger partial charge in [-0.2, -0.15) is 4.98 Å². The number of hydrogen-bond acceptors (Lipinski definition) is 5. The van der Waals surface area contributed by atoms with Crippen LogP contribution in [0.2, 0.25) is 0 Å². The van der Waals surface area contributed by atoms with Crippen LogP contribution in [0.1, 0.15) is 40.0 Å². The number of hydrogen-bond donors (Lipinski definition) is 1. The molecule has 1 N–H and O–H groups in total. The third-order valence-electron chi connectivity index (χ3n) is 4.22. The minimum absolute atomic E-state index is 0.0132. The minimum Gasteiger partial charge on any atom is -0.469 e. The summed E-state index contributed by atoms with van der Waals surface area (Å²) in [6.07, 6.45) is 2.95. The van der Waals surface area contributed by atoms with E-state index in [1.54, 1.807) is 6.07 Å². The quantitative estimate of drug-likeness (QED) is 0.662. The molecule has 1 aliphatic rings. The van der Waals surface area contributed by atoms with Crippen molar-refractivity contribution in [3.05, 3.63) is 22.2 Å². The maximum atomic E-state index is 11.1. The Hall–Kier alpha value is -1.85. The van der Waals surface area contributed by atoms with Gasteiger partial charge in [0.1, 0.15) is 11.9 Å². The molecular formula is C15H23N3O3. The average molecular weight is 293 g/mol. The Morgan fingerprint density at radius 3 is 2.76 bits per heavy atom. The van der Waals surface area contributed by atoms with Gasteiger partial charge in [0.15, 0.2) is 0 Å². The summed E-state index contributed by atoms with van der Waals surface area (Å²) in [6.45, 7) is 7.11. The smallest absolute Gasteiger partial charge is 0.331 e. The highest BCUT2D eigenvalue weighted by molar-refractivity contribution is 5.49. The SMILES string of the molecule is CCNc1ccc([N+](=O)[O-])c(OC2CCC(C)C(C)C2)n1. The second-order valence-corrected chi connectivity index (χ2v) is 5.82. The van der Waals surface area contributed by atoms with E-state index in [-0.39, 0.29) is 17.7 Å². The molecule has 3 unspecified atom stereocenters. The van der Waals surface area contributed by atoms with Gasteiger partial charge in [0, 0.05) is 12.6 Å². The summed E-state index contributed by atoms with van der Waals surface area (Å²) < 4.78 is 5.86. The fraction of sp³-hybridized carbons (Fsp3) is 0.667. The zero-order valence-corrected chi connectivity index (χ0v) is 12.8. The first kappa shape index (κ1) is 15.5. The summed E-state index contributed by atoms with van der Waals surface area (Å²) in [7, 11) is 0. The predicted molar refractivity (Wildman–Crippen MR) is 81.7 cm³/mol. The maximum absolute atomic E-state index is 11.1. The molecule has 0 amide bonds. The molecule has 6 heteroatoms. The van der Waals surface area contributed by atoms with Gasteiger partial charge in [-0.15, -0.1) is 0 Å². The standard InChI is InChI=1S/C15H23N3O3/c1-4-16-14-8-7-13(18(19)20)15(17-14)21-12-6-5-10(2)11(3)9-12/h7-8,10-12H,4-6,9H2,1-3H3,(H,16,17). The van der Waals surface area contributed by atoms with E-state index >= 15 is 0 Å². The highest BCUT2D eigenvalue weighted by Gasteiger charge is 2.28. The second kappa shape index (κ2) is 6.74. The summed E-state index contributed by atoms with van der Waals surface area (Å²) in [4.78, 5) is 14.9. The van der Waals surface area contributed by atoms with Gasteiger partial charge in [0.2, 0.25) is 0 Å². The number of ether oxygens (including phenoxy) is 1. The van der Waals surface area contributed by atoms with Crippen molar-refractivity contribution in [2.75, 3.05) is 11.9 Å². The summed E-state index contributed by atoms with van der Waals surface area (Å²) in [5, 5.41) is 14.2. The third kappa shape index (κ3) is 3.83. The summed E-state index contributed by atoms with van der Waals surface area (Å²) in [5.74, 6) is 1.99. The van der Waals surface area contributed by atoms with E-state index < -0.39 is 4.92 Å². The highest BCUT2D eigenvalue weighted by atomic mass is 16.6. The molecule has 1 aromatic heterocycles. The number of rotatable bonds is 5. The number of anilines is 1. The molecule has 2 rings (SSSR count). The summed E-state index contributed by atoms with van der Waals surface area (Å²) >= 11 is 0. The molecule has 1 fully saturated rings. The molecule has 1 heterocycles. The average Bonchev–Trinajstić information content (AvgIpc) is 2.43. The van der Waals surface area contributed by atoms with Gasteiger partial charge >= 0.3 is 5.69 Å². The molecule has 6 nitrogen and oxygen atoms in total. The van der Waals surface area contributed by atoms with Crippen LogP contribution in [-0.4, -0.2) is 22.6 Å². The van der Waals surface area contributed by atoms with Gasteiger partial charge in [0.05, 0.1) is 4.92 Å². The van der Waals surface area contributed by atoms with Crippen LogP contribution in [0.15, 0.2) is 12.1 Å². The highest BCUT2D eigenvalue weighted by Crippen LogP contribution is 2.34. The molecule has 0 bridgehead atoms. The molecule has 116 valence electrons. The van der Waals surface area contributed by atoms with Gasteiger partial charge in [0.25, 0.3) is 5.88 Å². The van der Waals surface area contributed by atoms with Gasteiger partial charge in [-0.3, -0.25) is 10.1 Å². The lowest BCUT2D eigenvalue weighted by molar-refractivity contribution is -0.386. The summed E-state index contributed by atoms with van der Waals surface area (Å²) in [6, 6.07) is 3.06. The van der Waals surface area contributed by atoms with Crippen LogP contribution < -0.4 is 10.1 Å². The molecule has 1 aromatic rings. The Balaban J connectivity index is 2.16. The van der Waals surface area contributed by atoms with E-state index in [0.717, 1.165) is 19.3 Å². The second-order valence-electron chi connectivity index (χ2n) is 5.82. The van der Waals surface area contributed by atoms with Gasteiger partial charge in [-0.25, -0.2) is 0 Å². The van der Waals surface area contributed by atoms with Gasteiger partial charge in [-0.05, 0) is 44.1 Å². The van der Waals surface area contributed by atoms with Gasteiger partial charge < -0.3 is 10.1 Å². The monoisotopic (exact) mass is 293 g/mol. The van der Waals surface area contributed by atoms with Crippen LogP contribution in [0.3, 0.4) is 0 Å². The molecule has 1 aliphatic carbocycles. The van der Waals surface area contributed by atoms with Crippen LogP contribution in [-0.2, 0) is 0 Å². The van der Waals surface area contributed by atoms with Crippen LogP contribution in [0, 0.1) is 22.0 Å². The first-order valence-corrected chi connectivity index (χ1v) is 7.57. The Kier molecular flexibility index (Phi) is 4.98. The molecular weight excluding hydrogens is 270 g/mol. The van der Waals surface area contributed by atoms with Crippen LogP contribution in [0.25, 0.3) is 0 Å². The van der Waals surface area contributed by atoms with Crippen molar-refractivity contribution in [3.8, 4) is 5.88 Å². The van der Waals surface area contributed by atoms with Crippen LogP contribution in [0.4, 0.5) is 11.5 Å². The minimum atomic E-state index is -0.438. The first-order valence-electron chi connectivity index (χ1n) is 7.57. The third-order valence-corrected chi connectivity index (χ3v) is 4.22. The lowest BCUT2D eigenvalue weighted by Crippen LogP contribution is -2.29. The number of nitrogens with zero attached hydrogens (tertiary/aromatic N) is 2. The topological polar surface area (TPSA) is 77.3 Å². The zero-order valence-electron chi connectivity index (χ0n) is 12.8. The van der Waals surface area contributed by atoms with Crippen molar-refractivity contribution in [1.82, 2.24) is 4.98 Å². The zero-order chi connectivity index (χ0) is 15.4. The molecule has 0 saturated heterocycles. The van der Waals surface area contributed by atoms with Crippen molar-refractivity contribution in [2.45, 2.75) is 46.1 Å². The predicted octanol–water partition coefficient (Wildman–Crippen LogP) is 3.63. The lowest BCUT2D eigenvalue weighted by atomic mass is 9.80. The molecule has 1 saturated carbocycles. The normalized spacial score (nSPS) is 25.4. The Morgan fingerprint density at radius 1 is 1.38 bits per heavy atom. The number of aromatic nitrogens is 1. The Labute approximate surface area is 125 Å². The van der Waals surface area contributed by atoms with Crippen molar-refractivity contribution >= 4 is 11.5 Å². The van der Waals surface area contributed by atoms with E-state index in [1.165, 1.54) is 6.07 Å². The molecule has 0 spiro atoms. The number of nitrogens with one attached hydrogen (secondary N) is 1. The first-order chi connectivity index (χ1) is 10.0. The molecule has 21 heavy (non-hydrogen) atoms. The number of pyridine rings is 1. The van der Waals surface area contributed by atoms with Crippen LogP contribution >= 0.6 is 0 Å².